The summed E-state index contributed by atoms with van der Waals surface area (Å²) >= 11 is 0. The van der Waals surface area contributed by atoms with Crippen molar-refractivity contribution in [2.45, 2.75) is 19.3 Å². The number of rotatable bonds is 6. The number of aryl methyl sites for hydroxylation is 1. The van der Waals surface area contributed by atoms with Crippen LogP contribution in [0.4, 0.5) is 0 Å². The third-order valence-electron chi connectivity index (χ3n) is 2.65. The Morgan fingerprint density at radius 2 is 2.17 bits per heavy atom. The lowest BCUT2D eigenvalue weighted by molar-refractivity contribution is 0.371. The van der Waals surface area contributed by atoms with Gasteiger partial charge in [0.15, 0.2) is 5.82 Å². The van der Waals surface area contributed by atoms with Gasteiger partial charge in [-0.1, -0.05) is 23.4 Å². The highest BCUT2D eigenvalue weighted by molar-refractivity contribution is 5.35. The van der Waals surface area contributed by atoms with Crippen LogP contribution in [-0.4, -0.2) is 23.8 Å². The highest BCUT2D eigenvalue weighted by Crippen LogP contribution is 2.19. The second-order valence-corrected chi connectivity index (χ2v) is 3.99. The number of nitrogens with two attached hydrogens (primary N) is 1. The maximum Gasteiger partial charge on any atom is 0.226 e. The summed E-state index contributed by atoms with van der Waals surface area (Å²) in [5, 5.41) is 3.96. The molecule has 2 aromatic rings. The van der Waals surface area contributed by atoms with E-state index in [4.69, 9.17) is 15.0 Å². The molecule has 1 aromatic carbocycles. The summed E-state index contributed by atoms with van der Waals surface area (Å²) in [6.07, 6.45) is 2.20. The molecule has 0 saturated heterocycles. The molecule has 0 bridgehead atoms. The topological polar surface area (TPSA) is 74.2 Å². The van der Waals surface area contributed by atoms with Gasteiger partial charge in [-0.25, -0.2) is 0 Å². The summed E-state index contributed by atoms with van der Waals surface area (Å²) in [7, 11) is 1.65. The number of ether oxygens (including phenoxy) is 1. The fourth-order valence-corrected chi connectivity index (χ4v) is 1.74. The minimum atomic E-state index is 0.607. The van der Waals surface area contributed by atoms with Crippen LogP contribution in [0.25, 0.3) is 0 Å². The van der Waals surface area contributed by atoms with Crippen molar-refractivity contribution in [1.82, 2.24) is 10.1 Å². The average molecular weight is 247 g/mol. The van der Waals surface area contributed by atoms with Crippen LogP contribution < -0.4 is 10.5 Å². The van der Waals surface area contributed by atoms with Crippen LogP contribution in [0, 0.1) is 0 Å². The van der Waals surface area contributed by atoms with E-state index in [1.54, 1.807) is 7.11 Å². The summed E-state index contributed by atoms with van der Waals surface area (Å²) in [4.78, 5) is 4.33. The molecule has 0 unspecified atom stereocenters. The van der Waals surface area contributed by atoms with Gasteiger partial charge in [0.2, 0.25) is 5.89 Å². The Bertz CT molecular complexity index is 496. The van der Waals surface area contributed by atoms with Crippen LogP contribution >= 0.6 is 0 Å². The zero-order chi connectivity index (χ0) is 12.8. The van der Waals surface area contributed by atoms with Crippen molar-refractivity contribution in [2.24, 2.45) is 5.73 Å². The van der Waals surface area contributed by atoms with Crippen molar-refractivity contribution >= 4 is 0 Å². The van der Waals surface area contributed by atoms with Gasteiger partial charge in [-0.2, -0.15) is 4.98 Å². The first kappa shape index (κ1) is 12.6. The van der Waals surface area contributed by atoms with Gasteiger partial charge >= 0.3 is 0 Å². The van der Waals surface area contributed by atoms with Crippen LogP contribution in [0.5, 0.6) is 5.75 Å². The second kappa shape index (κ2) is 6.16. The lowest BCUT2D eigenvalue weighted by Crippen LogP contribution is -2.00. The molecule has 5 heteroatoms. The first-order chi connectivity index (χ1) is 8.83. The molecule has 0 fully saturated rings. The molecule has 0 saturated carbocycles. The van der Waals surface area contributed by atoms with E-state index in [2.05, 4.69) is 10.1 Å². The normalized spacial score (nSPS) is 10.6. The summed E-state index contributed by atoms with van der Waals surface area (Å²) in [5.41, 5.74) is 6.49. The predicted molar refractivity (Wildman–Crippen MR) is 67.5 cm³/mol. The van der Waals surface area contributed by atoms with Crippen molar-refractivity contribution in [3.8, 4) is 5.75 Å². The van der Waals surface area contributed by atoms with Gasteiger partial charge in [-0.15, -0.1) is 0 Å². The van der Waals surface area contributed by atoms with E-state index in [1.165, 1.54) is 0 Å². The fourth-order valence-electron chi connectivity index (χ4n) is 1.74. The Balaban J connectivity index is 2.06. The van der Waals surface area contributed by atoms with Gasteiger partial charge in [-0.05, 0) is 19.0 Å². The molecule has 1 aromatic heterocycles. The van der Waals surface area contributed by atoms with E-state index in [9.17, 15) is 0 Å². The Morgan fingerprint density at radius 3 is 2.94 bits per heavy atom. The standard InChI is InChI=1S/C13H17N3O2/c1-17-11-6-3-2-5-10(11)9-12-15-13(18-16-12)7-4-8-14/h2-3,5-6H,4,7-9,14H2,1H3. The van der Waals surface area contributed by atoms with Crippen molar-refractivity contribution < 1.29 is 9.26 Å². The number of methoxy groups -OCH3 is 1. The SMILES string of the molecule is COc1ccccc1Cc1noc(CCCN)n1. The molecule has 1 heterocycles. The first-order valence-electron chi connectivity index (χ1n) is 5.97. The number of aromatic nitrogens is 2. The fraction of sp³-hybridized carbons (Fsp3) is 0.385. The highest BCUT2D eigenvalue weighted by Gasteiger charge is 2.09. The maximum absolute atomic E-state index is 5.44. The monoisotopic (exact) mass is 247 g/mol. The molecule has 0 aliphatic heterocycles. The lowest BCUT2D eigenvalue weighted by atomic mass is 10.1. The largest absolute Gasteiger partial charge is 0.496 e. The van der Waals surface area contributed by atoms with Crippen molar-refractivity contribution in [3.05, 3.63) is 41.5 Å². The van der Waals surface area contributed by atoms with Crippen molar-refractivity contribution in [2.75, 3.05) is 13.7 Å². The van der Waals surface area contributed by atoms with E-state index in [0.717, 1.165) is 24.2 Å². The average Bonchev–Trinajstić information content (AvgIpc) is 2.84. The van der Waals surface area contributed by atoms with Gasteiger partial charge in [0, 0.05) is 18.4 Å². The number of para-hydroxylation sites is 1. The van der Waals surface area contributed by atoms with Crippen molar-refractivity contribution in [1.29, 1.82) is 0 Å². The molecule has 0 spiro atoms. The molecule has 2 rings (SSSR count). The molecule has 0 atom stereocenters. The Kier molecular flexibility index (Phi) is 4.30. The first-order valence-corrected chi connectivity index (χ1v) is 5.97. The van der Waals surface area contributed by atoms with Crippen LogP contribution in [-0.2, 0) is 12.8 Å². The van der Waals surface area contributed by atoms with Gasteiger partial charge in [0.05, 0.1) is 7.11 Å². The van der Waals surface area contributed by atoms with E-state index in [0.29, 0.717) is 24.7 Å². The smallest absolute Gasteiger partial charge is 0.226 e. The molecular weight excluding hydrogens is 230 g/mol. The lowest BCUT2D eigenvalue weighted by Gasteiger charge is -2.04. The molecule has 18 heavy (non-hydrogen) atoms. The molecule has 0 amide bonds. The van der Waals surface area contributed by atoms with Crippen LogP contribution in [0.15, 0.2) is 28.8 Å². The second-order valence-electron chi connectivity index (χ2n) is 3.99. The van der Waals surface area contributed by atoms with Crippen molar-refractivity contribution in [3.63, 3.8) is 0 Å². The van der Waals surface area contributed by atoms with E-state index in [1.807, 2.05) is 24.3 Å². The Morgan fingerprint density at radius 1 is 1.33 bits per heavy atom. The Labute approximate surface area is 106 Å². The summed E-state index contributed by atoms with van der Waals surface area (Å²) in [6, 6.07) is 7.82. The van der Waals surface area contributed by atoms with E-state index < -0.39 is 0 Å². The van der Waals surface area contributed by atoms with Gasteiger partial charge in [0.25, 0.3) is 0 Å². The zero-order valence-corrected chi connectivity index (χ0v) is 10.4. The minimum absolute atomic E-state index is 0.607. The third kappa shape index (κ3) is 3.07. The number of hydrogen-bond acceptors (Lipinski definition) is 5. The number of benzene rings is 1. The molecule has 2 N–H and O–H groups in total. The van der Waals surface area contributed by atoms with Gasteiger partial charge < -0.3 is 15.0 Å². The number of hydrogen-bond donors (Lipinski definition) is 1. The minimum Gasteiger partial charge on any atom is -0.496 e. The number of nitrogens with zero attached hydrogens (tertiary/aromatic N) is 2. The highest BCUT2D eigenvalue weighted by atomic mass is 16.5. The maximum atomic E-state index is 5.44. The molecule has 5 nitrogen and oxygen atoms in total. The van der Waals surface area contributed by atoms with Crippen LogP contribution in [0.3, 0.4) is 0 Å². The zero-order valence-electron chi connectivity index (χ0n) is 10.4. The van der Waals surface area contributed by atoms with E-state index >= 15 is 0 Å². The predicted octanol–water partition coefficient (Wildman–Crippen LogP) is 1.56. The van der Waals surface area contributed by atoms with E-state index in [-0.39, 0.29) is 0 Å². The van der Waals surface area contributed by atoms with Gasteiger partial charge in [0.1, 0.15) is 5.75 Å². The van der Waals surface area contributed by atoms with Crippen LogP contribution in [0.2, 0.25) is 0 Å². The van der Waals surface area contributed by atoms with Crippen LogP contribution in [0.1, 0.15) is 23.7 Å². The summed E-state index contributed by atoms with van der Waals surface area (Å²) in [6.45, 7) is 0.629. The molecule has 0 aliphatic rings. The third-order valence-corrected chi connectivity index (χ3v) is 2.65. The quantitative estimate of drug-likeness (QED) is 0.838. The Hall–Kier alpha value is -1.88. The van der Waals surface area contributed by atoms with Gasteiger partial charge in [-0.3, -0.25) is 0 Å². The molecule has 0 radical (unpaired) electrons. The molecule has 0 aliphatic carbocycles. The molecular formula is C13H17N3O2. The summed E-state index contributed by atoms with van der Waals surface area (Å²) in [5.74, 6) is 2.16. The molecule has 96 valence electrons. The summed E-state index contributed by atoms with van der Waals surface area (Å²) < 4.78 is 10.4.